The van der Waals surface area contributed by atoms with Crippen molar-refractivity contribution in [2.24, 2.45) is 0 Å². The highest BCUT2D eigenvalue weighted by Crippen LogP contribution is 2.33. The Morgan fingerprint density at radius 3 is 2.85 bits per heavy atom. The van der Waals surface area contributed by atoms with Gasteiger partial charge in [0.2, 0.25) is 5.95 Å². The van der Waals surface area contributed by atoms with E-state index in [1.54, 1.807) is 12.3 Å². The third kappa shape index (κ3) is 2.38. The molecule has 2 aromatic heterocycles. The van der Waals surface area contributed by atoms with Gasteiger partial charge in [-0.1, -0.05) is 42.5 Å². The zero-order valence-corrected chi connectivity index (χ0v) is 14.2. The van der Waals surface area contributed by atoms with Gasteiger partial charge in [0, 0.05) is 42.5 Å². The van der Waals surface area contributed by atoms with Gasteiger partial charge in [0.25, 0.3) is 0 Å². The largest absolute Gasteiger partial charge is 0.384 e. The molecule has 0 saturated heterocycles. The van der Waals surface area contributed by atoms with Gasteiger partial charge in [-0.05, 0) is 16.8 Å². The molecule has 0 unspecified atom stereocenters. The Balaban J connectivity index is 1.59. The van der Waals surface area contributed by atoms with E-state index in [0.717, 1.165) is 24.2 Å². The highest BCUT2D eigenvalue weighted by Gasteiger charge is 2.25. The lowest BCUT2D eigenvalue weighted by atomic mass is 9.97. The number of aromatic nitrogens is 4. The molecule has 6 heteroatoms. The molecule has 0 aliphatic carbocycles. The molecule has 4 aromatic rings. The summed E-state index contributed by atoms with van der Waals surface area (Å²) >= 11 is 0. The molecule has 128 valence electrons. The number of benzene rings is 2. The van der Waals surface area contributed by atoms with Gasteiger partial charge in [-0.15, -0.1) is 0 Å². The summed E-state index contributed by atoms with van der Waals surface area (Å²) in [5.74, 6) is 1.16. The minimum Gasteiger partial charge on any atom is -0.384 e. The van der Waals surface area contributed by atoms with Crippen LogP contribution in [-0.2, 0) is 13.0 Å². The van der Waals surface area contributed by atoms with Crippen LogP contribution in [-0.4, -0.2) is 26.7 Å². The molecule has 2 aromatic carbocycles. The van der Waals surface area contributed by atoms with E-state index in [9.17, 15) is 0 Å². The van der Waals surface area contributed by atoms with Crippen LogP contribution in [0.25, 0.3) is 22.0 Å². The Morgan fingerprint density at radius 2 is 1.92 bits per heavy atom. The van der Waals surface area contributed by atoms with E-state index in [1.807, 2.05) is 0 Å². The molecule has 3 N–H and O–H groups in total. The molecule has 6 nitrogen and oxygen atoms in total. The summed E-state index contributed by atoms with van der Waals surface area (Å²) in [5, 5.41) is 10.3. The molecular formula is C20H18N6. The van der Waals surface area contributed by atoms with Crippen LogP contribution in [0.2, 0.25) is 0 Å². The number of nitrogens with one attached hydrogen (secondary N) is 1. The molecule has 0 amide bonds. The molecule has 26 heavy (non-hydrogen) atoms. The first-order valence-electron chi connectivity index (χ1n) is 8.67. The minimum atomic E-state index is 0.488. The van der Waals surface area contributed by atoms with E-state index in [-0.39, 0.29) is 0 Å². The molecule has 0 spiro atoms. The first-order chi connectivity index (χ1) is 12.8. The number of nitrogens with two attached hydrogens (primary N) is 1. The average molecular weight is 342 g/mol. The van der Waals surface area contributed by atoms with Crippen LogP contribution in [0.3, 0.4) is 0 Å². The summed E-state index contributed by atoms with van der Waals surface area (Å²) in [6.45, 7) is 1.56. The quantitative estimate of drug-likeness (QED) is 0.584. The molecule has 0 atom stereocenters. The Hall–Kier alpha value is -3.41. The second-order valence-corrected chi connectivity index (χ2v) is 6.51. The fraction of sp³-hybridized carbons (Fsp3) is 0.150. The van der Waals surface area contributed by atoms with Crippen LogP contribution in [0, 0.1) is 0 Å². The number of nitrogen functional groups attached to an aromatic ring is 1. The number of H-pyrrole nitrogens is 1. The zero-order valence-electron chi connectivity index (χ0n) is 14.2. The number of rotatable bonds is 2. The van der Waals surface area contributed by atoms with Crippen LogP contribution >= 0.6 is 0 Å². The van der Waals surface area contributed by atoms with Crippen LogP contribution in [0.4, 0.5) is 11.8 Å². The fourth-order valence-corrected chi connectivity index (χ4v) is 3.63. The van der Waals surface area contributed by atoms with Gasteiger partial charge in [-0.25, -0.2) is 4.98 Å². The molecule has 3 heterocycles. The summed E-state index contributed by atoms with van der Waals surface area (Å²) in [6, 6.07) is 16.5. The fourth-order valence-electron chi connectivity index (χ4n) is 3.63. The Labute approximate surface area is 150 Å². The SMILES string of the molecule is Nc1ccnc(N2CCc3[nH]nc(-c4cccc5ccccc45)c3C2)n1. The Morgan fingerprint density at radius 1 is 1.04 bits per heavy atom. The van der Waals surface area contributed by atoms with Crippen molar-refractivity contribution in [1.82, 2.24) is 20.2 Å². The Bertz CT molecular complexity index is 1100. The number of nitrogens with zero attached hydrogens (tertiary/aromatic N) is 4. The van der Waals surface area contributed by atoms with Crippen molar-refractivity contribution in [2.45, 2.75) is 13.0 Å². The second kappa shape index (κ2) is 5.84. The summed E-state index contributed by atoms with van der Waals surface area (Å²) in [6.07, 6.45) is 2.58. The van der Waals surface area contributed by atoms with E-state index in [0.29, 0.717) is 18.3 Å². The monoisotopic (exact) mass is 342 g/mol. The summed E-state index contributed by atoms with van der Waals surface area (Å²) in [7, 11) is 0. The van der Waals surface area contributed by atoms with E-state index in [4.69, 9.17) is 5.73 Å². The second-order valence-electron chi connectivity index (χ2n) is 6.51. The minimum absolute atomic E-state index is 0.488. The topological polar surface area (TPSA) is 83.7 Å². The van der Waals surface area contributed by atoms with Gasteiger partial charge >= 0.3 is 0 Å². The molecule has 0 saturated carbocycles. The highest BCUT2D eigenvalue weighted by atomic mass is 15.3. The number of anilines is 2. The smallest absolute Gasteiger partial charge is 0.227 e. The molecule has 1 aliphatic heterocycles. The lowest BCUT2D eigenvalue weighted by Gasteiger charge is -2.27. The lowest BCUT2D eigenvalue weighted by molar-refractivity contribution is 0.700. The molecule has 0 radical (unpaired) electrons. The maximum Gasteiger partial charge on any atom is 0.227 e. The van der Waals surface area contributed by atoms with E-state index >= 15 is 0 Å². The van der Waals surface area contributed by atoms with Crippen molar-refractivity contribution in [3.63, 3.8) is 0 Å². The zero-order chi connectivity index (χ0) is 17.5. The van der Waals surface area contributed by atoms with Gasteiger partial charge in [-0.3, -0.25) is 5.10 Å². The normalized spacial score (nSPS) is 13.8. The summed E-state index contributed by atoms with van der Waals surface area (Å²) in [4.78, 5) is 10.9. The summed E-state index contributed by atoms with van der Waals surface area (Å²) in [5.41, 5.74) is 10.4. The third-order valence-electron chi connectivity index (χ3n) is 4.93. The lowest BCUT2D eigenvalue weighted by Crippen LogP contribution is -2.31. The third-order valence-corrected chi connectivity index (χ3v) is 4.93. The maximum absolute atomic E-state index is 5.83. The number of hydrogen-bond acceptors (Lipinski definition) is 5. The molecular weight excluding hydrogens is 324 g/mol. The summed E-state index contributed by atoms with van der Waals surface area (Å²) < 4.78 is 0. The molecule has 0 fully saturated rings. The van der Waals surface area contributed by atoms with Gasteiger partial charge < -0.3 is 10.6 Å². The van der Waals surface area contributed by atoms with Crippen LogP contribution < -0.4 is 10.6 Å². The van der Waals surface area contributed by atoms with Crippen molar-refractivity contribution >= 4 is 22.5 Å². The molecule has 1 aliphatic rings. The van der Waals surface area contributed by atoms with Gasteiger partial charge in [0.15, 0.2) is 0 Å². The number of hydrogen-bond donors (Lipinski definition) is 2. The van der Waals surface area contributed by atoms with Gasteiger partial charge in [0.05, 0.1) is 5.69 Å². The van der Waals surface area contributed by atoms with Crippen LogP contribution in [0.5, 0.6) is 0 Å². The van der Waals surface area contributed by atoms with Crippen LogP contribution in [0.1, 0.15) is 11.3 Å². The van der Waals surface area contributed by atoms with Crippen molar-refractivity contribution < 1.29 is 0 Å². The predicted octanol–water partition coefficient (Wildman–Crippen LogP) is 3.16. The maximum atomic E-state index is 5.83. The molecule has 5 rings (SSSR count). The first-order valence-corrected chi connectivity index (χ1v) is 8.67. The van der Waals surface area contributed by atoms with E-state index < -0.39 is 0 Å². The van der Waals surface area contributed by atoms with Crippen LogP contribution in [0.15, 0.2) is 54.7 Å². The Kier molecular flexibility index (Phi) is 3.35. The highest BCUT2D eigenvalue weighted by molar-refractivity contribution is 5.96. The van der Waals surface area contributed by atoms with Crippen molar-refractivity contribution in [3.05, 3.63) is 66.0 Å². The van der Waals surface area contributed by atoms with Crippen molar-refractivity contribution in [3.8, 4) is 11.3 Å². The number of fused-ring (bicyclic) bond motifs is 2. The molecule has 0 bridgehead atoms. The van der Waals surface area contributed by atoms with Crippen molar-refractivity contribution in [2.75, 3.05) is 17.2 Å². The predicted molar refractivity (Wildman–Crippen MR) is 103 cm³/mol. The van der Waals surface area contributed by atoms with Gasteiger partial charge in [-0.2, -0.15) is 10.1 Å². The van der Waals surface area contributed by atoms with E-state index in [2.05, 4.69) is 67.5 Å². The standard InChI is InChI=1S/C20H18N6/c21-18-8-10-22-20(23-18)26-11-9-17-16(12-26)19(25-24-17)15-7-3-5-13-4-1-2-6-14(13)15/h1-8,10H,9,11-12H2,(H,24,25)(H2,21,22,23). The average Bonchev–Trinajstić information content (AvgIpc) is 3.10. The number of aromatic amines is 1. The van der Waals surface area contributed by atoms with Gasteiger partial charge in [0.1, 0.15) is 5.82 Å². The van der Waals surface area contributed by atoms with E-state index in [1.165, 1.54) is 22.0 Å². The first kappa shape index (κ1) is 14.9. The van der Waals surface area contributed by atoms with Crippen molar-refractivity contribution in [1.29, 1.82) is 0 Å².